The highest BCUT2D eigenvalue weighted by atomic mass is 16.6. The number of amides is 1. The SMILES string of the molecule is CCOC(=O)c1cn(C[C@]2(O)CCN(C(=O)OC(C)(C)C)CC23CCCC3)c(=O)cc1-c1ccccc1. The molecule has 1 saturated heterocycles. The van der Waals surface area contributed by atoms with E-state index in [-0.39, 0.29) is 30.4 Å². The smallest absolute Gasteiger partial charge is 0.410 e. The van der Waals surface area contributed by atoms with Crippen LogP contribution in [-0.4, -0.2) is 57.5 Å². The number of carbonyl (C=O) groups excluding carboxylic acids is 2. The van der Waals surface area contributed by atoms with Gasteiger partial charge in [0, 0.05) is 36.3 Å². The fourth-order valence-electron chi connectivity index (χ4n) is 5.79. The van der Waals surface area contributed by atoms with Gasteiger partial charge in [-0.05, 0) is 52.5 Å². The molecule has 2 aliphatic rings. The quantitative estimate of drug-likeness (QED) is 0.590. The van der Waals surface area contributed by atoms with Gasteiger partial charge in [-0.25, -0.2) is 9.59 Å². The first-order valence-corrected chi connectivity index (χ1v) is 13.1. The second kappa shape index (κ2) is 10.3. The molecule has 1 amide bonds. The van der Waals surface area contributed by atoms with Crippen LogP contribution in [0, 0.1) is 5.41 Å². The number of nitrogens with zero attached hydrogens (tertiary/aromatic N) is 2. The van der Waals surface area contributed by atoms with Gasteiger partial charge in [0.25, 0.3) is 5.56 Å². The summed E-state index contributed by atoms with van der Waals surface area (Å²) >= 11 is 0. The van der Waals surface area contributed by atoms with Crippen LogP contribution in [0.2, 0.25) is 0 Å². The number of likely N-dealkylation sites (tertiary alicyclic amines) is 1. The fourth-order valence-corrected chi connectivity index (χ4v) is 5.79. The van der Waals surface area contributed by atoms with E-state index < -0.39 is 22.6 Å². The van der Waals surface area contributed by atoms with Crippen molar-refractivity contribution in [3.63, 3.8) is 0 Å². The largest absolute Gasteiger partial charge is 0.462 e. The molecule has 0 bridgehead atoms. The zero-order chi connectivity index (χ0) is 26.8. The number of carbonyl (C=O) groups is 2. The first kappa shape index (κ1) is 26.9. The highest BCUT2D eigenvalue weighted by molar-refractivity contribution is 5.96. The first-order valence-electron chi connectivity index (χ1n) is 13.1. The second-order valence-corrected chi connectivity index (χ2v) is 11.3. The molecule has 8 heteroatoms. The van der Waals surface area contributed by atoms with Crippen LogP contribution < -0.4 is 5.56 Å². The highest BCUT2D eigenvalue weighted by Crippen LogP contribution is 2.51. The van der Waals surface area contributed by atoms with Crippen molar-refractivity contribution in [2.24, 2.45) is 5.41 Å². The molecule has 1 aliphatic heterocycles. The number of piperidine rings is 1. The zero-order valence-electron chi connectivity index (χ0n) is 22.3. The van der Waals surface area contributed by atoms with Gasteiger partial charge in [0.1, 0.15) is 5.60 Å². The molecule has 0 unspecified atom stereocenters. The van der Waals surface area contributed by atoms with Crippen LogP contribution in [-0.2, 0) is 16.0 Å². The standard InChI is InChI=1S/C29H38N2O6/c1-5-36-25(33)23-18-31(24(32)17-22(23)21-11-7-6-8-12-21)20-29(35)15-16-30(26(34)37-27(2,3)4)19-28(29)13-9-10-14-28/h6-8,11-12,17-18,35H,5,9-10,13-16,19-20H2,1-4H3/t29-/m1/s1. The lowest BCUT2D eigenvalue weighted by atomic mass is 9.66. The Hall–Kier alpha value is -3.13. The summed E-state index contributed by atoms with van der Waals surface area (Å²) in [5.74, 6) is -0.516. The number of rotatable bonds is 5. The second-order valence-electron chi connectivity index (χ2n) is 11.3. The van der Waals surface area contributed by atoms with Gasteiger partial charge in [-0.3, -0.25) is 4.79 Å². The predicted molar refractivity (Wildman–Crippen MR) is 140 cm³/mol. The Morgan fingerprint density at radius 1 is 1.08 bits per heavy atom. The molecular formula is C29H38N2O6. The van der Waals surface area contributed by atoms with Gasteiger partial charge >= 0.3 is 12.1 Å². The van der Waals surface area contributed by atoms with E-state index in [9.17, 15) is 19.5 Å². The number of ether oxygens (including phenoxy) is 2. The number of hydrogen-bond donors (Lipinski definition) is 1. The Balaban J connectivity index is 1.68. The third-order valence-corrected chi connectivity index (χ3v) is 7.63. The van der Waals surface area contributed by atoms with Gasteiger partial charge in [0.15, 0.2) is 0 Å². The maximum Gasteiger partial charge on any atom is 0.410 e. The molecular weight excluding hydrogens is 472 g/mol. The Morgan fingerprint density at radius 2 is 1.76 bits per heavy atom. The van der Waals surface area contributed by atoms with E-state index in [1.165, 1.54) is 16.8 Å². The van der Waals surface area contributed by atoms with Crippen molar-refractivity contribution in [1.29, 1.82) is 0 Å². The predicted octanol–water partition coefficient (Wildman–Crippen LogP) is 4.62. The fraction of sp³-hybridized carbons (Fsp3) is 0.552. The summed E-state index contributed by atoms with van der Waals surface area (Å²) in [4.78, 5) is 40.7. The van der Waals surface area contributed by atoms with Crippen molar-refractivity contribution in [2.45, 2.75) is 77.5 Å². The van der Waals surface area contributed by atoms with Crippen molar-refractivity contribution < 1.29 is 24.2 Å². The summed E-state index contributed by atoms with van der Waals surface area (Å²) in [6.07, 6.45) is 4.85. The van der Waals surface area contributed by atoms with Crippen LogP contribution in [0.4, 0.5) is 4.79 Å². The molecule has 2 aromatic rings. The van der Waals surface area contributed by atoms with Gasteiger partial charge in [0.2, 0.25) is 0 Å². The van der Waals surface area contributed by atoms with Crippen molar-refractivity contribution in [3.05, 3.63) is 58.5 Å². The summed E-state index contributed by atoms with van der Waals surface area (Å²) in [6, 6.07) is 10.7. The average Bonchev–Trinajstić information content (AvgIpc) is 3.31. The van der Waals surface area contributed by atoms with Crippen LogP contribution in [0.25, 0.3) is 11.1 Å². The van der Waals surface area contributed by atoms with E-state index in [2.05, 4.69) is 0 Å². The van der Waals surface area contributed by atoms with E-state index in [1.54, 1.807) is 11.8 Å². The highest BCUT2D eigenvalue weighted by Gasteiger charge is 2.56. The van der Waals surface area contributed by atoms with E-state index in [0.29, 0.717) is 25.1 Å². The lowest BCUT2D eigenvalue weighted by Gasteiger charge is -2.52. The molecule has 1 aromatic carbocycles. The van der Waals surface area contributed by atoms with Gasteiger partial charge in [-0.2, -0.15) is 0 Å². The number of aromatic nitrogens is 1. The molecule has 4 rings (SSSR count). The molecule has 1 atom stereocenters. The summed E-state index contributed by atoms with van der Waals surface area (Å²) in [5, 5.41) is 12.1. The van der Waals surface area contributed by atoms with Crippen LogP contribution in [0.3, 0.4) is 0 Å². The lowest BCUT2D eigenvalue weighted by molar-refractivity contribution is -0.140. The molecule has 1 aliphatic carbocycles. The van der Waals surface area contributed by atoms with E-state index in [1.807, 2.05) is 51.1 Å². The number of pyridine rings is 1. The van der Waals surface area contributed by atoms with Crippen molar-refractivity contribution in [1.82, 2.24) is 9.47 Å². The molecule has 1 saturated carbocycles. The minimum Gasteiger partial charge on any atom is -0.462 e. The maximum absolute atomic E-state index is 13.3. The zero-order valence-corrected chi connectivity index (χ0v) is 22.3. The van der Waals surface area contributed by atoms with Crippen LogP contribution in [0.1, 0.15) is 70.2 Å². The third kappa shape index (κ3) is 5.59. The summed E-state index contributed by atoms with van der Waals surface area (Å²) in [5.41, 5.74) is -1.15. The Morgan fingerprint density at radius 3 is 2.38 bits per heavy atom. The number of hydrogen-bond acceptors (Lipinski definition) is 6. The Labute approximate surface area is 218 Å². The number of benzene rings is 1. The maximum atomic E-state index is 13.3. The minimum absolute atomic E-state index is 0.0372. The third-order valence-electron chi connectivity index (χ3n) is 7.63. The average molecular weight is 511 g/mol. The first-order chi connectivity index (χ1) is 17.5. The van der Waals surface area contributed by atoms with E-state index in [4.69, 9.17) is 9.47 Å². The van der Waals surface area contributed by atoms with Crippen molar-refractivity contribution in [2.75, 3.05) is 19.7 Å². The van der Waals surface area contributed by atoms with Crippen LogP contribution >= 0.6 is 0 Å². The molecule has 2 heterocycles. The Bertz CT molecular complexity index is 1190. The number of aliphatic hydroxyl groups is 1. The number of esters is 1. The van der Waals surface area contributed by atoms with Gasteiger partial charge in [-0.1, -0.05) is 43.2 Å². The van der Waals surface area contributed by atoms with Crippen molar-refractivity contribution in [3.8, 4) is 11.1 Å². The normalized spacial score (nSPS) is 21.2. The molecule has 1 aromatic heterocycles. The molecule has 37 heavy (non-hydrogen) atoms. The van der Waals surface area contributed by atoms with Gasteiger partial charge in [0.05, 0.1) is 24.3 Å². The molecule has 8 nitrogen and oxygen atoms in total. The lowest BCUT2D eigenvalue weighted by Crippen LogP contribution is -2.62. The summed E-state index contributed by atoms with van der Waals surface area (Å²) in [7, 11) is 0. The molecule has 1 spiro atoms. The van der Waals surface area contributed by atoms with E-state index >= 15 is 0 Å². The Kier molecular flexibility index (Phi) is 7.51. The molecule has 1 N–H and O–H groups in total. The monoisotopic (exact) mass is 510 g/mol. The van der Waals surface area contributed by atoms with Crippen LogP contribution in [0.15, 0.2) is 47.4 Å². The van der Waals surface area contributed by atoms with E-state index in [0.717, 1.165) is 31.2 Å². The molecule has 0 radical (unpaired) electrons. The minimum atomic E-state index is -1.22. The summed E-state index contributed by atoms with van der Waals surface area (Å²) in [6.45, 7) is 8.20. The topological polar surface area (TPSA) is 98.1 Å². The van der Waals surface area contributed by atoms with Gasteiger partial charge in [-0.15, -0.1) is 0 Å². The van der Waals surface area contributed by atoms with Gasteiger partial charge < -0.3 is 24.0 Å². The van der Waals surface area contributed by atoms with Crippen LogP contribution in [0.5, 0.6) is 0 Å². The molecule has 200 valence electrons. The summed E-state index contributed by atoms with van der Waals surface area (Å²) < 4.78 is 12.3. The van der Waals surface area contributed by atoms with Crippen molar-refractivity contribution >= 4 is 12.1 Å². The molecule has 2 fully saturated rings.